The number of primary amides is 1. The van der Waals surface area contributed by atoms with Gasteiger partial charge in [0.15, 0.2) is 0 Å². The Balaban J connectivity index is 2.80. The molecular weight excluding hydrogens is 222 g/mol. The fraction of sp³-hybridized carbons (Fsp3) is 0.688. The van der Waals surface area contributed by atoms with Crippen molar-refractivity contribution in [3.05, 3.63) is 24.3 Å². The van der Waals surface area contributed by atoms with Crippen molar-refractivity contribution < 1.29 is 4.79 Å². The van der Waals surface area contributed by atoms with Crippen molar-refractivity contribution in [3.63, 3.8) is 0 Å². The molecule has 0 aliphatic heterocycles. The molecule has 1 amide bonds. The van der Waals surface area contributed by atoms with Gasteiger partial charge in [-0.2, -0.15) is 0 Å². The molecule has 1 rings (SSSR count). The summed E-state index contributed by atoms with van der Waals surface area (Å²) in [7, 11) is 0. The summed E-state index contributed by atoms with van der Waals surface area (Å²) < 4.78 is 0. The molecule has 0 saturated heterocycles. The molecule has 2 nitrogen and oxygen atoms in total. The lowest BCUT2D eigenvalue weighted by molar-refractivity contribution is -0.114. The summed E-state index contributed by atoms with van der Waals surface area (Å²) in [4.78, 5) is 11.2. The average Bonchev–Trinajstić information content (AvgIpc) is 2.36. The Morgan fingerprint density at radius 2 is 2.06 bits per heavy atom. The van der Waals surface area contributed by atoms with Crippen LogP contribution in [0.1, 0.15) is 52.4 Å². The minimum absolute atomic E-state index is 0.287. The van der Waals surface area contributed by atoms with Crippen molar-refractivity contribution >= 4 is 5.91 Å². The predicted octanol–water partition coefficient (Wildman–Crippen LogP) is 3.83. The minimum atomic E-state index is -0.287. The zero-order valence-corrected chi connectivity index (χ0v) is 11.8. The summed E-state index contributed by atoms with van der Waals surface area (Å²) in [6, 6.07) is 0. The van der Waals surface area contributed by atoms with Crippen molar-refractivity contribution in [2.45, 2.75) is 52.4 Å². The molecule has 0 bridgehead atoms. The van der Waals surface area contributed by atoms with Gasteiger partial charge in [-0.15, -0.1) is 6.58 Å². The van der Waals surface area contributed by atoms with Gasteiger partial charge in [-0.25, -0.2) is 0 Å². The lowest BCUT2D eigenvalue weighted by Gasteiger charge is -2.36. The normalized spacial score (nSPS) is 29.0. The second-order valence-electron chi connectivity index (χ2n) is 5.51. The fourth-order valence-corrected chi connectivity index (χ4v) is 3.11. The van der Waals surface area contributed by atoms with Crippen LogP contribution in [0.5, 0.6) is 0 Å². The highest BCUT2D eigenvalue weighted by Gasteiger charge is 2.30. The van der Waals surface area contributed by atoms with E-state index in [2.05, 4.69) is 25.7 Å². The third-order valence-electron chi connectivity index (χ3n) is 4.22. The molecule has 2 heteroatoms. The lowest BCUT2D eigenvalue weighted by atomic mass is 9.69. The molecule has 3 unspecified atom stereocenters. The van der Waals surface area contributed by atoms with Crippen LogP contribution in [0.25, 0.3) is 0 Å². The number of hydrogen-bond donors (Lipinski definition) is 1. The number of unbranched alkanes of at least 4 members (excludes halogenated alkanes) is 1. The van der Waals surface area contributed by atoms with Gasteiger partial charge in [0.05, 0.1) is 0 Å². The largest absolute Gasteiger partial charge is 0.366 e. The van der Waals surface area contributed by atoms with E-state index in [0.717, 1.165) is 0 Å². The van der Waals surface area contributed by atoms with E-state index >= 15 is 0 Å². The van der Waals surface area contributed by atoms with Crippen LogP contribution in [0, 0.1) is 17.8 Å². The van der Waals surface area contributed by atoms with Crippen molar-refractivity contribution in [2.75, 3.05) is 0 Å². The van der Waals surface area contributed by atoms with Crippen LogP contribution in [0.4, 0.5) is 0 Å². The van der Waals surface area contributed by atoms with Crippen molar-refractivity contribution in [1.82, 2.24) is 0 Å². The van der Waals surface area contributed by atoms with Gasteiger partial charge in [-0.1, -0.05) is 38.3 Å². The number of nitrogens with two attached hydrogens (primary N) is 1. The number of allylic oxidation sites excluding steroid dienone is 2. The predicted molar refractivity (Wildman–Crippen MR) is 77.0 cm³/mol. The first kappa shape index (κ1) is 15.0. The molecule has 0 spiro atoms. The first-order valence-electron chi connectivity index (χ1n) is 7.20. The maximum absolute atomic E-state index is 11.2. The molecule has 0 aromatic carbocycles. The molecule has 1 aliphatic carbocycles. The Morgan fingerprint density at radius 3 is 2.61 bits per heavy atom. The Bertz CT molecular complexity index is 319. The molecule has 1 fully saturated rings. The molecule has 0 radical (unpaired) electrons. The molecule has 1 aliphatic rings. The molecule has 0 heterocycles. The number of carbonyl (C=O) groups excluding carboxylic acids is 1. The molecule has 3 atom stereocenters. The lowest BCUT2D eigenvalue weighted by Crippen LogP contribution is -2.27. The second-order valence-corrected chi connectivity index (χ2v) is 5.51. The molecule has 0 aromatic rings. The van der Waals surface area contributed by atoms with Crippen LogP contribution in [-0.2, 0) is 4.79 Å². The maximum Gasteiger partial charge on any atom is 0.244 e. The van der Waals surface area contributed by atoms with Crippen LogP contribution in [-0.4, -0.2) is 5.91 Å². The number of amides is 1. The average molecular weight is 249 g/mol. The van der Waals surface area contributed by atoms with Gasteiger partial charge in [-0.3, -0.25) is 4.79 Å². The van der Waals surface area contributed by atoms with Gasteiger partial charge in [-0.05, 0) is 43.9 Å². The molecule has 1 saturated carbocycles. The zero-order chi connectivity index (χ0) is 13.5. The Kier molecular flexibility index (Phi) is 6.17. The SMILES string of the molecule is C=CC1CCCC(C=C(C)C(N)=O)C1CCCC. The van der Waals surface area contributed by atoms with Crippen LogP contribution in [0.15, 0.2) is 24.3 Å². The molecule has 0 aromatic heterocycles. The first-order valence-corrected chi connectivity index (χ1v) is 7.20. The highest BCUT2D eigenvalue weighted by molar-refractivity contribution is 5.91. The molecular formula is C16H27NO. The number of hydrogen-bond acceptors (Lipinski definition) is 1. The van der Waals surface area contributed by atoms with E-state index in [-0.39, 0.29) is 5.91 Å². The van der Waals surface area contributed by atoms with Crippen molar-refractivity contribution in [1.29, 1.82) is 0 Å². The number of carbonyl (C=O) groups is 1. The van der Waals surface area contributed by atoms with E-state index in [0.29, 0.717) is 23.3 Å². The van der Waals surface area contributed by atoms with Gasteiger partial charge < -0.3 is 5.73 Å². The van der Waals surface area contributed by atoms with E-state index in [1.54, 1.807) is 0 Å². The molecule has 2 N–H and O–H groups in total. The number of rotatable bonds is 6. The summed E-state index contributed by atoms with van der Waals surface area (Å²) in [6.45, 7) is 8.04. The van der Waals surface area contributed by atoms with E-state index in [1.165, 1.54) is 38.5 Å². The van der Waals surface area contributed by atoms with Crippen molar-refractivity contribution in [2.24, 2.45) is 23.5 Å². The van der Waals surface area contributed by atoms with Crippen LogP contribution >= 0.6 is 0 Å². The maximum atomic E-state index is 11.2. The van der Waals surface area contributed by atoms with Gasteiger partial charge in [0, 0.05) is 5.57 Å². The van der Waals surface area contributed by atoms with Crippen LogP contribution in [0.2, 0.25) is 0 Å². The van der Waals surface area contributed by atoms with Gasteiger partial charge >= 0.3 is 0 Å². The fourth-order valence-electron chi connectivity index (χ4n) is 3.11. The first-order chi connectivity index (χ1) is 8.60. The summed E-state index contributed by atoms with van der Waals surface area (Å²) in [5.74, 6) is 1.46. The quantitative estimate of drug-likeness (QED) is 0.564. The van der Waals surface area contributed by atoms with Gasteiger partial charge in [0.1, 0.15) is 0 Å². The highest BCUT2D eigenvalue weighted by atomic mass is 16.1. The Labute approximate surface area is 111 Å². The van der Waals surface area contributed by atoms with Gasteiger partial charge in [0.2, 0.25) is 5.91 Å². The molecule has 102 valence electrons. The summed E-state index contributed by atoms with van der Waals surface area (Å²) in [6.07, 6.45) is 11.6. The van der Waals surface area contributed by atoms with Gasteiger partial charge in [0.25, 0.3) is 0 Å². The second kappa shape index (κ2) is 7.40. The standard InChI is InChI=1S/C16H27NO/c1-4-6-10-15-13(5-2)8-7-9-14(15)11-12(3)16(17)18/h5,11,13-15H,2,4,6-10H2,1,3H3,(H2,17,18). The monoisotopic (exact) mass is 249 g/mol. The summed E-state index contributed by atoms with van der Waals surface area (Å²) >= 11 is 0. The summed E-state index contributed by atoms with van der Waals surface area (Å²) in [5, 5.41) is 0. The third kappa shape index (κ3) is 4.01. The van der Waals surface area contributed by atoms with E-state index in [9.17, 15) is 4.79 Å². The van der Waals surface area contributed by atoms with E-state index in [4.69, 9.17) is 5.73 Å². The highest BCUT2D eigenvalue weighted by Crippen LogP contribution is 2.39. The topological polar surface area (TPSA) is 43.1 Å². The van der Waals surface area contributed by atoms with Crippen LogP contribution in [0.3, 0.4) is 0 Å². The minimum Gasteiger partial charge on any atom is -0.366 e. The van der Waals surface area contributed by atoms with E-state index in [1.807, 2.05) is 6.92 Å². The molecule has 18 heavy (non-hydrogen) atoms. The van der Waals surface area contributed by atoms with Crippen LogP contribution < -0.4 is 5.73 Å². The Morgan fingerprint density at radius 1 is 1.39 bits per heavy atom. The summed E-state index contributed by atoms with van der Waals surface area (Å²) in [5.41, 5.74) is 6.05. The zero-order valence-electron chi connectivity index (χ0n) is 11.8. The van der Waals surface area contributed by atoms with E-state index < -0.39 is 0 Å². The van der Waals surface area contributed by atoms with Crippen molar-refractivity contribution in [3.8, 4) is 0 Å². The smallest absolute Gasteiger partial charge is 0.244 e. The third-order valence-corrected chi connectivity index (χ3v) is 4.22. The Hall–Kier alpha value is -1.05.